The van der Waals surface area contributed by atoms with E-state index in [0.29, 0.717) is 36.0 Å². The van der Waals surface area contributed by atoms with Gasteiger partial charge in [-0.05, 0) is 41.8 Å². The lowest BCUT2D eigenvalue weighted by Gasteiger charge is -2.12. The maximum Gasteiger partial charge on any atom is 0.315 e. The minimum Gasteiger partial charge on any atom is -0.493 e. The van der Waals surface area contributed by atoms with Crippen molar-refractivity contribution < 1.29 is 14.3 Å². The van der Waals surface area contributed by atoms with Crippen LogP contribution >= 0.6 is 11.6 Å². The molecule has 2 amide bonds. The van der Waals surface area contributed by atoms with Crippen molar-refractivity contribution in [3.63, 3.8) is 0 Å². The van der Waals surface area contributed by atoms with Gasteiger partial charge in [-0.15, -0.1) is 6.42 Å². The molecule has 6 heteroatoms. The topological polar surface area (TPSA) is 59.6 Å². The average molecular weight is 373 g/mol. The number of terminal acetylenes is 1. The first kappa shape index (κ1) is 19.5. The predicted octanol–water partition coefficient (Wildman–Crippen LogP) is 3.40. The lowest BCUT2D eigenvalue weighted by molar-refractivity contribution is 0.240. The van der Waals surface area contributed by atoms with Gasteiger partial charge in [-0.25, -0.2) is 4.79 Å². The van der Waals surface area contributed by atoms with Crippen molar-refractivity contribution in [2.45, 2.75) is 13.0 Å². The first-order valence-electron chi connectivity index (χ1n) is 8.11. The van der Waals surface area contributed by atoms with Crippen molar-refractivity contribution >= 4 is 17.6 Å². The molecule has 0 atom stereocenters. The van der Waals surface area contributed by atoms with Gasteiger partial charge in [-0.3, -0.25) is 0 Å². The van der Waals surface area contributed by atoms with Crippen LogP contribution in [-0.4, -0.2) is 26.3 Å². The number of benzene rings is 2. The molecule has 0 saturated carbocycles. The fraction of sp³-hybridized carbons (Fsp3) is 0.250. The van der Waals surface area contributed by atoms with Crippen LogP contribution in [0.4, 0.5) is 4.79 Å². The van der Waals surface area contributed by atoms with E-state index in [4.69, 9.17) is 27.5 Å². The zero-order chi connectivity index (χ0) is 18.8. The number of nitrogens with one attached hydrogen (secondary N) is 2. The molecule has 136 valence electrons. The number of hydrogen-bond donors (Lipinski definition) is 2. The van der Waals surface area contributed by atoms with Gasteiger partial charge < -0.3 is 20.1 Å². The van der Waals surface area contributed by atoms with E-state index in [-0.39, 0.29) is 12.6 Å². The van der Waals surface area contributed by atoms with Crippen LogP contribution in [0.25, 0.3) is 0 Å². The molecule has 5 nitrogen and oxygen atoms in total. The largest absolute Gasteiger partial charge is 0.493 e. The first-order valence-corrected chi connectivity index (χ1v) is 8.49. The fourth-order valence-electron chi connectivity index (χ4n) is 2.32. The number of urea groups is 1. The molecule has 0 aliphatic rings. The highest BCUT2D eigenvalue weighted by atomic mass is 35.5. The summed E-state index contributed by atoms with van der Waals surface area (Å²) in [6.07, 6.45) is 5.92. The number of ether oxygens (including phenoxy) is 2. The third-order valence-corrected chi connectivity index (χ3v) is 3.82. The minimum atomic E-state index is -0.242. The second-order valence-corrected chi connectivity index (χ2v) is 5.90. The van der Waals surface area contributed by atoms with E-state index < -0.39 is 0 Å². The van der Waals surface area contributed by atoms with Gasteiger partial charge >= 0.3 is 6.03 Å². The van der Waals surface area contributed by atoms with Crippen LogP contribution in [0.2, 0.25) is 5.02 Å². The molecular weight excluding hydrogens is 352 g/mol. The van der Waals surface area contributed by atoms with Crippen molar-refractivity contribution in [1.82, 2.24) is 10.6 Å². The number of rotatable bonds is 8. The second-order valence-electron chi connectivity index (χ2n) is 5.47. The Labute approximate surface area is 158 Å². The van der Waals surface area contributed by atoms with Crippen LogP contribution in [0.15, 0.2) is 42.5 Å². The molecule has 0 unspecified atom stereocenters. The molecule has 0 aliphatic carbocycles. The normalized spacial score (nSPS) is 9.88. The van der Waals surface area contributed by atoms with Gasteiger partial charge in [-0.1, -0.05) is 35.7 Å². The first-order chi connectivity index (χ1) is 12.6. The molecule has 0 bridgehead atoms. The monoisotopic (exact) mass is 372 g/mol. The third-order valence-electron chi connectivity index (χ3n) is 3.58. The molecule has 0 radical (unpaired) electrons. The zero-order valence-electron chi connectivity index (χ0n) is 14.5. The number of carbonyl (C=O) groups is 1. The highest BCUT2D eigenvalue weighted by molar-refractivity contribution is 6.30. The van der Waals surface area contributed by atoms with Crippen LogP contribution in [0, 0.1) is 12.3 Å². The van der Waals surface area contributed by atoms with Crippen molar-refractivity contribution in [3.8, 4) is 23.8 Å². The van der Waals surface area contributed by atoms with Gasteiger partial charge in [0.2, 0.25) is 0 Å². The van der Waals surface area contributed by atoms with E-state index in [2.05, 4.69) is 16.6 Å². The summed E-state index contributed by atoms with van der Waals surface area (Å²) in [6.45, 7) is 1.03. The summed E-state index contributed by atoms with van der Waals surface area (Å²) in [5.41, 5.74) is 1.95. The lowest BCUT2D eigenvalue weighted by Crippen LogP contribution is -2.36. The summed E-state index contributed by atoms with van der Waals surface area (Å²) >= 11 is 5.94. The van der Waals surface area contributed by atoms with E-state index in [1.807, 2.05) is 30.3 Å². The molecule has 0 fully saturated rings. The summed E-state index contributed by atoms with van der Waals surface area (Å²) in [5.74, 6) is 3.55. The Balaban J connectivity index is 1.80. The second kappa shape index (κ2) is 10.2. The van der Waals surface area contributed by atoms with Gasteiger partial charge in [0.05, 0.1) is 7.11 Å². The number of amides is 2. The molecule has 2 rings (SSSR count). The molecule has 0 heterocycles. The standard InChI is InChI=1S/C20H21ClN2O3/c1-3-11-26-19-13-16(7-8-18(19)25-2)14-23-20(24)22-10-9-15-5-4-6-17(21)12-15/h1,4-8,12-13H,9-11,14H2,2H3,(H2,22,23,24). The van der Waals surface area contributed by atoms with E-state index in [9.17, 15) is 4.79 Å². The SMILES string of the molecule is C#CCOc1cc(CNC(=O)NCCc2cccc(Cl)c2)ccc1OC. The van der Waals surface area contributed by atoms with Crippen LogP contribution < -0.4 is 20.1 Å². The lowest BCUT2D eigenvalue weighted by atomic mass is 10.1. The molecule has 2 aromatic carbocycles. The van der Waals surface area contributed by atoms with Crippen molar-refractivity contribution in [2.75, 3.05) is 20.3 Å². The summed E-state index contributed by atoms with van der Waals surface area (Å²) in [7, 11) is 1.56. The van der Waals surface area contributed by atoms with Gasteiger partial charge in [0, 0.05) is 18.1 Å². The predicted molar refractivity (Wildman–Crippen MR) is 103 cm³/mol. The Morgan fingerprint density at radius 2 is 2.00 bits per heavy atom. The zero-order valence-corrected chi connectivity index (χ0v) is 15.3. The van der Waals surface area contributed by atoms with Gasteiger partial charge in [0.1, 0.15) is 6.61 Å². The molecule has 0 aliphatic heterocycles. The van der Waals surface area contributed by atoms with Crippen LogP contribution in [0.3, 0.4) is 0 Å². The highest BCUT2D eigenvalue weighted by Crippen LogP contribution is 2.27. The van der Waals surface area contributed by atoms with E-state index in [1.165, 1.54) is 0 Å². The maximum absolute atomic E-state index is 11.9. The molecule has 0 spiro atoms. The van der Waals surface area contributed by atoms with Crippen LogP contribution in [-0.2, 0) is 13.0 Å². The third kappa shape index (κ3) is 6.23. The number of carbonyl (C=O) groups excluding carboxylic acids is 1. The van der Waals surface area contributed by atoms with Gasteiger partial charge in [0.15, 0.2) is 11.5 Å². The molecule has 2 N–H and O–H groups in total. The number of methoxy groups -OCH3 is 1. The van der Waals surface area contributed by atoms with E-state index in [0.717, 1.165) is 11.1 Å². The van der Waals surface area contributed by atoms with Crippen LogP contribution in [0.1, 0.15) is 11.1 Å². The van der Waals surface area contributed by atoms with Crippen molar-refractivity contribution in [2.24, 2.45) is 0 Å². The van der Waals surface area contributed by atoms with Crippen LogP contribution in [0.5, 0.6) is 11.5 Å². The summed E-state index contributed by atoms with van der Waals surface area (Å²) in [4.78, 5) is 11.9. The Kier molecular flexibility index (Phi) is 7.66. The summed E-state index contributed by atoms with van der Waals surface area (Å²) < 4.78 is 10.7. The Morgan fingerprint density at radius 1 is 1.15 bits per heavy atom. The van der Waals surface area contributed by atoms with Crippen molar-refractivity contribution in [3.05, 3.63) is 58.6 Å². The fourth-order valence-corrected chi connectivity index (χ4v) is 2.53. The van der Waals surface area contributed by atoms with E-state index >= 15 is 0 Å². The quantitative estimate of drug-likeness (QED) is 0.698. The number of hydrogen-bond acceptors (Lipinski definition) is 3. The molecular formula is C20H21ClN2O3. The number of halogens is 1. The summed E-state index contributed by atoms with van der Waals surface area (Å²) in [6, 6.07) is 12.8. The average Bonchev–Trinajstić information content (AvgIpc) is 2.65. The minimum absolute atomic E-state index is 0.150. The molecule has 0 aromatic heterocycles. The Morgan fingerprint density at radius 3 is 2.73 bits per heavy atom. The van der Waals surface area contributed by atoms with Crippen molar-refractivity contribution in [1.29, 1.82) is 0 Å². The van der Waals surface area contributed by atoms with Gasteiger partial charge in [-0.2, -0.15) is 0 Å². The smallest absolute Gasteiger partial charge is 0.315 e. The highest BCUT2D eigenvalue weighted by Gasteiger charge is 2.07. The van der Waals surface area contributed by atoms with Gasteiger partial charge in [0.25, 0.3) is 0 Å². The molecule has 0 saturated heterocycles. The maximum atomic E-state index is 11.9. The van der Waals surface area contributed by atoms with E-state index in [1.54, 1.807) is 19.2 Å². The summed E-state index contributed by atoms with van der Waals surface area (Å²) in [5, 5.41) is 6.31. The Bertz CT molecular complexity index is 787. The molecule has 26 heavy (non-hydrogen) atoms. The molecule has 2 aromatic rings. The Hall–Kier alpha value is -2.84.